The molecule has 20 heavy (non-hydrogen) atoms. The molecule has 4 heteroatoms. The summed E-state index contributed by atoms with van der Waals surface area (Å²) in [6.45, 7) is -0.464. The number of rotatable bonds is 5. The van der Waals surface area contributed by atoms with Gasteiger partial charge in [-0.25, -0.2) is 0 Å². The second-order valence-electron chi connectivity index (χ2n) is 4.46. The van der Waals surface area contributed by atoms with Crippen molar-refractivity contribution < 1.29 is 8.78 Å². The number of hydrogen-bond donors (Lipinski definition) is 1. The van der Waals surface area contributed by atoms with Gasteiger partial charge < -0.3 is 5.32 Å². The highest BCUT2D eigenvalue weighted by atomic mass is 19.3. The first-order chi connectivity index (χ1) is 9.62. The lowest BCUT2D eigenvalue weighted by molar-refractivity contribution is 0.0106. The zero-order chi connectivity index (χ0) is 14.4. The van der Waals surface area contributed by atoms with E-state index in [2.05, 4.69) is 5.32 Å². The SMILES string of the molecule is N#CCc1ccc(NCC(F)(F)c2ccccc2)cc1. The van der Waals surface area contributed by atoms with Crippen molar-refractivity contribution in [2.24, 2.45) is 0 Å². The maximum Gasteiger partial charge on any atom is 0.290 e. The minimum absolute atomic E-state index is 0.00593. The van der Waals surface area contributed by atoms with Gasteiger partial charge in [-0.15, -0.1) is 0 Å². The fourth-order valence-electron chi connectivity index (χ4n) is 1.83. The summed E-state index contributed by atoms with van der Waals surface area (Å²) in [5, 5.41) is 11.3. The maximum absolute atomic E-state index is 13.9. The number of nitrogens with one attached hydrogen (secondary N) is 1. The lowest BCUT2D eigenvalue weighted by Crippen LogP contribution is -2.24. The molecule has 0 atom stereocenters. The van der Waals surface area contributed by atoms with E-state index in [1.54, 1.807) is 42.5 Å². The van der Waals surface area contributed by atoms with Crippen LogP contribution in [0.2, 0.25) is 0 Å². The van der Waals surface area contributed by atoms with E-state index in [1.165, 1.54) is 12.1 Å². The predicted molar refractivity (Wildman–Crippen MR) is 74.6 cm³/mol. The van der Waals surface area contributed by atoms with Gasteiger partial charge in [-0.05, 0) is 17.7 Å². The van der Waals surface area contributed by atoms with Crippen LogP contribution in [0.15, 0.2) is 54.6 Å². The van der Waals surface area contributed by atoms with Crippen LogP contribution in [0.1, 0.15) is 11.1 Å². The summed E-state index contributed by atoms with van der Waals surface area (Å²) in [6, 6.07) is 16.7. The van der Waals surface area contributed by atoms with Crippen LogP contribution in [-0.4, -0.2) is 6.54 Å². The van der Waals surface area contributed by atoms with Crippen molar-refractivity contribution in [1.82, 2.24) is 0 Å². The molecule has 0 saturated carbocycles. The summed E-state index contributed by atoms with van der Waals surface area (Å²) in [5.74, 6) is -2.92. The molecular formula is C16H14F2N2. The standard InChI is InChI=1S/C16H14F2N2/c17-16(18,14-4-2-1-3-5-14)12-20-15-8-6-13(7-9-15)10-11-19/h1-9,20H,10,12H2. The smallest absolute Gasteiger partial charge is 0.290 e. The van der Waals surface area contributed by atoms with Gasteiger partial charge in [-0.2, -0.15) is 14.0 Å². The summed E-state index contributed by atoms with van der Waals surface area (Å²) in [4.78, 5) is 0. The first kappa shape index (κ1) is 14.0. The number of alkyl halides is 2. The van der Waals surface area contributed by atoms with Crippen LogP contribution < -0.4 is 5.32 Å². The molecule has 0 bridgehead atoms. The number of nitriles is 1. The third-order valence-electron chi connectivity index (χ3n) is 2.95. The van der Waals surface area contributed by atoms with Crippen LogP contribution in [0.4, 0.5) is 14.5 Å². The van der Waals surface area contributed by atoms with Crippen molar-refractivity contribution in [3.63, 3.8) is 0 Å². The van der Waals surface area contributed by atoms with E-state index in [4.69, 9.17) is 5.26 Å². The molecule has 2 aromatic rings. The van der Waals surface area contributed by atoms with E-state index in [-0.39, 0.29) is 5.56 Å². The quantitative estimate of drug-likeness (QED) is 0.894. The molecule has 0 aromatic heterocycles. The van der Waals surface area contributed by atoms with Crippen LogP contribution in [0, 0.1) is 11.3 Å². The minimum atomic E-state index is -2.92. The lowest BCUT2D eigenvalue weighted by Gasteiger charge is -2.18. The van der Waals surface area contributed by atoms with Gasteiger partial charge >= 0.3 is 0 Å². The summed E-state index contributed by atoms with van der Waals surface area (Å²) >= 11 is 0. The van der Waals surface area contributed by atoms with Gasteiger partial charge in [0, 0.05) is 11.3 Å². The summed E-state index contributed by atoms with van der Waals surface area (Å²) < 4.78 is 27.9. The molecular weight excluding hydrogens is 258 g/mol. The van der Waals surface area contributed by atoms with Crippen LogP contribution in [-0.2, 0) is 12.3 Å². The van der Waals surface area contributed by atoms with Crippen LogP contribution in [0.25, 0.3) is 0 Å². The molecule has 0 saturated heterocycles. The Hall–Kier alpha value is -2.41. The molecule has 0 aliphatic heterocycles. The fourth-order valence-corrected chi connectivity index (χ4v) is 1.83. The molecule has 2 rings (SSSR count). The van der Waals surface area contributed by atoms with Gasteiger partial charge in [0.05, 0.1) is 19.0 Å². The Kier molecular flexibility index (Phi) is 4.31. The molecule has 2 nitrogen and oxygen atoms in total. The highest BCUT2D eigenvalue weighted by molar-refractivity contribution is 5.45. The first-order valence-corrected chi connectivity index (χ1v) is 6.25. The Morgan fingerprint density at radius 3 is 2.25 bits per heavy atom. The van der Waals surface area contributed by atoms with Crippen molar-refractivity contribution in [3.05, 3.63) is 65.7 Å². The Balaban J connectivity index is 1.99. The first-order valence-electron chi connectivity index (χ1n) is 6.25. The average Bonchev–Trinajstić information content (AvgIpc) is 2.48. The monoisotopic (exact) mass is 272 g/mol. The molecule has 0 heterocycles. The summed E-state index contributed by atoms with van der Waals surface area (Å²) in [7, 11) is 0. The molecule has 0 amide bonds. The molecule has 0 spiro atoms. The summed E-state index contributed by atoms with van der Waals surface area (Å²) in [5.41, 5.74) is 1.48. The van der Waals surface area contributed by atoms with E-state index in [0.717, 1.165) is 5.56 Å². The molecule has 0 radical (unpaired) electrons. The Morgan fingerprint density at radius 1 is 1.00 bits per heavy atom. The van der Waals surface area contributed by atoms with E-state index in [9.17, 15) is 8.78 Å². The molecule has 0 aliphatic rings. The number of anilines is 1. The largest absolute Gasteiger partial charge is 0.379 e. The maximum atomic E-state index is 13.9. The molecule has 2 aromatic carbocycles. The zero-order valence-corrected chi connectivity index (χ0v) is 10.8. The van der Waals surface area contributed by atoms with Crippen LogP contribution >= 0.6 is 0 Å². The van der Waals surface area contributed by atoms with Gasteiger partial charge in [0.25, 0.3) is 5.92 Å². The third-order valence-corrected chi connectivity index (χ3v) is 2.95. The lowest BCUT2D eigenvalue weighted by atomic mass is 10.1. The van der Waals surface area contributed by atoms with Crippen molar-refractivity contribution in [3.8, 4) is 6.07 Å². The highest BCUT2D eigenvalue weighted by Crippen LogP contribution is 2.28. The van der Waals surface area contributed by atoms with E-state index in [0.29, 0.717) is 12.1 Å². The fraction of sp³-hybridized carbons (Fsp3) is 0.188. The Labute approximate surface area is 116 Å². The summed E-state index contributed by atoms with van der Waals surface area (Å²) in [6.07, 6.45) is 0.320. The van der Waals surface area contributed by atoms with Crippen LogP contribution in [0.5, 0.6) is 0 Å². The predicted octanol–water partition coefficient (Wildman–Crippen LogP) is 3.96. The van der Waals surface area contributed by atoms with Crippen molar-refractivity contribution >= 4 is 5.69 Å². The molecule has 0 aliphatic carbocycles. The van der Waals surface area contributed by atoms with Gasteiger partial charge in [0.2, 0.25) is 0 Å². The molecule has 0 fully saturated rings. The van der Waals surface area contributed by atoms with Gasteiger partial charge in [-0.3, -0.25) is 0 Å². The number of nitrogens with zero attached hydrogens (tertiary/aromatic N) is 1. The third kappa shape index (κ3) is 3.55. The minimum Gasteiger partial charge on any atom is -0.379 e. The van der Waals surface area contributed by atoms with Gasteiger partial charge in [0.15, 0.2) is 0 Å². The number of halogens is 2. The number of hydrogen-bond acceptors (Lipinski definition) is 2. The van der Waals surface area contributed by atoms with Crippen molar-refractivity contribution in [2.45, 2.75) is 12.3 Å². The Bertz CT molecular complexity index is 586. The topological polar surface area (TPSA) is 35.8 Å². The van der Waals surface area contributed by atoms with Crippen LogP contribution in [0.3, 0.4) is 0 Å². The van der Waals surface area contributed by atoms with E-state index >= 15 is 0 Å². The van der Waals surface area contributed by atoms with E-state index in [1.807, 2.05) is 6.07 Å². The second kappa shape index (κ2) is 6.16. The molecule has 0 unspecified atom stereocenters. The zero-order valence-electron chi connectivity index (χ0n) is 10.8. The van der Waals surface area contributed by atoms with Crippen molar-refractivity contribution in [1.29, 1.82) is 5.26 Å². The molecule has 102 valence electrons. The highest BCUT2D eigenvalue weighted by Gasteiger charge is 2.30. The average molecular weight is 272 g/mol. The van der Waals surface area contributed by atoms with E-state index < -0.39 is 12.5 Å². The second-order valence-corrected chi connectivity index (χ2v) is 4.46. The Morgan fingerprint density at radius 2 is 1.65 bits per heavy atom. The van der Waals surface area contributed by atoms with Gasteiger partial charge in [-0.1, -0.05) is 42.5 Å². The molecule has 1 N–H and O–H groups in total. The number of benzene rings is 2. The van der Waals surface area contributed by atoms with Crippen molar-refractivity contribution in [2.75, 3.05) is 11.9 Å². The normalized spacial score (nSPS) is 10.8. The van der Waals surface area contributed by atoms with Gasteiger partial charge in [0.1, 0.15) is 0 Å².